The minimum atomic E-state index is -0.769. The summed E-state index contributed by atoms with van der Waals surface area (Å²) in [5, 5.41) is 11.1. The molecule has 1 amide bonds. The van der Waals surface area contributed by atoms with Crippen LogP contribution in [0.15, 0.2) is 48.0 Å². The number of carbonyl (C=O) groups excluding carboxylic acids is 2. The summed E-state index contributed by atoms with van der Waals surface area (Å²) < 4.78 is 16.0. The van der Waals surface area contributed by atoms with Gasteiger partial charge in [0, 0.05) is 23.7 Å². The zero-order valence-corrected chi connectivity index (χ0v) is 18.2. The van der Waals surface area contributed by atoms with E-state index in [2.05, 4.69) is 0 Å². The average Bonchev–Trinajstić information content (AvgIpc) is 3.06. The van der Waals surface area contributed by atoms with Crippen molar-refractivity contribution in [3.63, 3.8) is 0 Å². The lowest BCUT2D eigenvalue weighted by Gasteiger charge is -2.26. The van der Waals surface area contributed by atoms with Crippen molar-refractivity contribution in [2.45, 2.75) is 25.8 Å². The number of rotatable bonds is 8. The van der Waals surface area contributed by atoms with E-state index in [-0.39, 0.29) is 11.3 Å². The standard InChI is InChI=1S/C24H27NO6/c1-5-6-13-25-21(18-12-11-17(30-3)14-19(18)31-4)20(23(27)24(25)28)22(26)15-7-9-16(29-2)10-8-15/h7-12,14,21,26H,5-6,13H2,1-4H3. The normalized spacial score (nSPS) is 17.7. The number of aliphatic hydroxyl groups is 1. The third kappa shape index (κ3) is 4.21. The molecule has 0 spiro atoms. The average molecular weight is 425 g/mol. The van der Waals surface area contributed by atoms with Gasteiger partial charge >= 0.3 is 0 Å². The molecule has 2 aromatic carbocycles. The van der Waals surface area contributed by atoms with E-state index in [9.17, 15) is 14.7 Å². The molecule has 1 fully saturated rings. The molecule has 7 nitrogen and oxygen atoms in total. The number of ether oxygens (including phenoxy) is 3. The number of unbranched alkanes of at least 4 members (excludes halogenated alkanes) is 1. The molecule has 7 heteroatoms. The van der Waals surface area contributed by atoms with Crippen LogP contribution in [0.4, 0.5) is 0 Å². The third-order valence-corrected chi connectivity index (χ3v) is 5.39. The molecule has 0 aliphatic carbocycles. The molecule has 3 rings (SSSR count). The Morgan fingerprint density at radius 2 is 1.61 bits per heavy atom. The lowest BCUT2D eigenvalue weighted by atomic mass is 9.94. The van der Waals surface area contributed by atoms with E-state index in [1.165, 1.54) is 12.0 Å². The Morgan fingerprint density at radius 3 is 2.19 bits per heavy atom. The van der Waals surface area contributed by atoms with Crippen molar-refractivity contribution >= 4 is 17.4 Å². The van der Waals surface area contributed by atoms with Gasteiger partial charge in [-0.1, -0.05) is 13.3 Å². The van der Waals surface area contributed by atoms with Gasteiger partial charge in [0.1, 0.15) is 23.0 Å². The number of nitrogens with zero attached hydrogens (tertiary/aromatic N) is 1. The van der Waals surface area contributed by atoms with Crippen LogP contribution in [-0.4, -0.2) is 49.6 Å². The Hall–Kier alpha value is -3.48. The van der Waals surface area contributed by atoms with Crippen LogP contribution in [0, 0.1) is 0 Å². The Labute approximate surface area is 181 Å². The number of hydrogen-bond donors (Lipinski definition) is 1. The summed E-state index contributed by atoms with van der Waals surface area (Å²) in [6, 6.07) is 11.1. The number of ketones is 1. The van der Waals surface area contributed by atoms with Crippen molar-refractivity contribution in [1.29, 1.82) is 0 Å². The molecule has 2 aromatic rings. The van der Waals surface area contributed by atoms with E-state index in [1.54, 1.807) is 56.7 Å². The van der Waals surface area contributed by atoms with E-state index in [0.717, 1.165) is 12.8 Å². The number of benzene rings is 2. The maximum Gasteiger partial charge on any atom is 0.295 e. The highest BCUT2D eigenvalue weighted by atomic mass is 16.5. The summed E-state index contributed by atoms with van der Waals surface area (Å²) in [4.78, 5) is 27.4. The number of methoxy groups -OCH3 is 3. The quantitative estimate of drug-likeness (QED) is 0.392. The first kappa shape index (κ1) is 22.2. The fraction of sp³-hybridized carbons (Fsp3) is 0.333. The molecule has 1 heterocycles. The van der Waals surface area contributed by atoms with Gasteiger partial charge in [-0.15, -0.1) is 0 Å². The van der Waals surface area contributed by atoms with Gasteiger partial charge < -0.3 is 24.2 Å². The number of amides is 1. The van der Waals surface area contributed by atoms with Gasteiger partial charge in [0.05, 0.1) is 32.9 Å². The Morgan fingerprint density at radius 1 is 0.968 bits per heavy atom. The van der Waals surface area contributed by atoms with Gasteiger partial charge in [-0.25, -0.2) is 0 Å². The first-order valence-electron chi connectivity index (χ1n) is 10.1. The first-order valence-corrected chi connectivity index (χ1v) is 10.1. The zero-order chi connectivity index (χ0) is 22.5. The van der Waals surface area contributed by atoms with Gasteiger partial charge in [0.2, 0.25) is 0 Å². The summed E-state index contributed by atoms with van der Waals surface area (Å²) in [6.07, 6.45) is 1.58. The largest absolute Gasteiger partial charge is 0.507 e. The molecule has 164 valence electrons. The van der Waals surface area contributed by atoms with Crippen molar-refractivity contribution in [3.8, 4) is 17.2 Å². The summed E-state index contributed by atoms with van der Waals surface area (Å²) in [5.41, 5.74) is 1.06. The number of aliphatic hydroxyl groups excluding tert-OH is 1. The van der Waals surface area contributed by atoms with Gasteiger partial charge in [-0.3, -0.25) is 9.59 Å². The van der Waals surface area contributed by atoms with Crippen molar-refractivity contribution < 1.29 is 28.9 Å². The Balaban J connectivity index is 2.19. The molecular formula is C24H27NO6. The van der Waals surface area contributed by atoms with E-state index in [1.807, 2.05) is 6.92 Å². The smallest absolute Gasteiger partial charge is 0.295 e. The highest BCUT2D eigenvalue weighted by Gasteiger charge is 2.46. The Kier molecular flexibility index (Phi) is 6.84. The van der Waals surface area contributed by atoms with Crippen LogP contribution in [0.25, 0.3) is 5.76 Å². The highest BCUT2D eigenvalue weighted by Crippen LogP contribution is 2.43. The highest BCUT2D eigenvalue weighted by molar-refractivity contribution is 6.46. The summed E-state index contributed by atoms with van der Waals surface area (Å²) in [5.74, 6) is 0.0875. The van der Waals surface area contributed by atoms with Crippen LogP contribution >= 0.6 is 0 Å². The SMILES string of the molecule is CCCCN1C(=O)C(=O)C(=C(O)c2ccc(OC)cc2)C1c1ccc(OC)cc1OC. The molecule has 1 aliphatic rings. The van der Waals surface area contributed by atoms with E-state index >= 15 is 0 Å². The van der Waals surface area contributed by atoms with Crippen LogP contribution in [-0.2, 0) is 9.59 Å². The molecule has 1 saturated heterocycles. The van der Waals surface area contributed by atoms with Gasteiger partial charge in [0.15, 0.2) is 0 Å². The molecule has 1 aliphatic heterocycles. The maximum atomic E-state index is 13.0. The lowest BCUT2D eigenvalue weighted by Crippen LogP contribution is -2.30. The summed E-state index contributed by atoms with van der Waals surface area (Å²) in [6.45, 7) is 2.40. The fourth-order valence-corrected chi connectivity index (χ4v) is 3.71. The summed E-state index contributed by atoms with van der Waals surface area (Å²) in [7, 11) is 4.61. The van der Waals surface area contributed by atoms with E-state index in [0.29, 0.717) is 34.9 Å². The van der Waals surface area contributed by atoms with E-state index in [4.69, 9.17) is 14.2 Å². The zero-order valence-electron chi connectivity index (χ0n) is 18.2. The molecule has 1 N–H and O–H groups in total. The summed E-state index contributed by atoms with van der Waals surface area (Å²) >= 11 is 0. The van der Waals surface area contributed by atoms with Crippen molar-refractivity contribution in [3.05, 3.63) is 59.2 Å². The van der Waals surface area contributed by atoms with Gasteiger partial charge in [-0.05, 0) is 42.8 Å². The molecule has 31 heavy (non-hydrogen) atoms. The van der Waals surface area contributed by atoms with Gasteiger partial charge in [0.25, 0.3) is 11.7 Å². The number of carbonyl (C=O) groups is 2. The minimum absolute atomic E-state index is 0.0368. The topological polar surface area (TPSA) is 85.3 Å². The van der Waals surface area contributed by atoms with Crippen LogP contribution in [0.3, 0.4) is 0 Å². The molecule has 0 saturated carbocycles. The van der Waals surface area contributed by atoms with Crippen LogP contribution in [0.1, 0.15) is 36.9 Å². The molecule has 0 radical (unpaired) electrons. The fourth-order valence-electron chi connectivity index (χ4n) is 3.71. The van der Waals surface area contributed by atoms with Crippen LogP contribution in [0.2, 0.25) is 0 Å². The predicted molar refractivity (Wildman–Crippen MR) is 116 cm³/mol. The minimum Gasteiger partial charge on any atom is -0.507 e. The number of likely N-dealkylation sites (tertiary alicyclic amines) is 1. The molecule has 0 bridgehead atoms. The van der Waals surface area contributed by atoms with E-state index < -0.39 is 17.7 Å². The molecule has 0 aromatic heterocycles. The predicted octanol–water partition coefficient (Wildman–Crippen LogP) is 3.93. The lowest BCUT2D eigenvalue weighted by molar-refractivity contribution is -0.139. The van der Waals surface area contributed by atoms with Crippen LogP contribution in [0.5, 0.6) is 17.2 Å². The Bertz CT molecular complexity index is 996. The monoisotopic (exact) mass is 425 g/mol. The first-order chi connectivity index (χ1) is 15.0. The van der Waals surface area contributed by atoms with Crippen molar-refractivity contribution in [2.75, 3.05) is 27.9 Å². The number of hydrogen-bond acceptors (Lipinski definition) is 6. The van der Waals surface area contributed by atoms with Crippen LogP contribution < -0.4 is 14.2 Å². The van der Waals surface area contributed by atoms with Crippen molar-refractivity contribution in [2.24, 2.45) is 0 Å². The second kappa shape index (κ2) is 9.55. The van der Waals surface area contributed by atoms with Crippen molar-refractivity contribution in [1.82, 2.24) is 4.90 Å². The second-order valence-electron chi connectivity index (χ2n) is 7.18. The van der Waals surface area contributed by atoms with Gasteiger partial charge in [-0.2, -0.15) is 0 Å². The second-order valence-corrected chi connectivity index (χ2v) is 7.18. The number of Topliss-reactive ketones (excluding diaryl/α,β-unsaturated/α-hetero) is 1. The third-order valence-electron chi connectivity index (χ3n) is 5.39. The molecule has 1 unspecified atom stereocenters. The molecule has 1 atom stereocenters. The maximum absolute atomic E-state index is 13.0. The molecular weight excluding hydrogens is 398 g/mol.